The molecule has 2 aromatic carbocycles. The summed E-state index contributed by atoms with van der Waals surface area (Å²) in [4.78, 5) is 17.4. The van der Waals surface area contributed by atoms with Gasteiger partial charge < -0.3 is 28.8 Å². The Labute approximate surface area is 190 Å². The molecule has 1 aliphatic heterocycles. The highest BCUT2D eigenvalue weighted by Crippen LogP contribution is 2.42. The first-order valence-electron chi connectivity index (χ1n) is 9.40. The summed E-state index contributed by atoms with van der Waals surface area (Å²) in [5.74, 6) is 1.31. The third-order valence-corrected chi connectivity index (χ3v) is 5.63. The van der Waals surface area contributed by atoms with Gasteiger partial charge in [-0.3, -0.25) is 0 Å². The zero-order valence-corrected chi connectivity index (χ0v) is 19.1. The third kappa shape index (κ3) is 4.67. The fraction of sp³-hybridized carbons (Fsp3) is 0.217. The lowest BCUT2D eigenvalue weighted by Gasteiger charge is -2.08. The number of hydrogen-bond donors (Lipinski definition) is 1. The molecule has 0 radical (unpaired) electrons. The van der Waals surface area contributed by atoms with E-state index in [-0.39, 0.29) is 11.3 Å². The summed E-state index contributed by atoms with van der Waals surface area (Å²) in [7, 11) is 7.41. The summed E-state index contributed by atoms with van der Waals surface area (Å²) in [6.45, 7) is 0. The topological polar surface area (TPSA) is 95.8 Å². The van der Waals surface area contributed by atoms with Crippen LogP contribution in [-0.4, -0.2) is 51.7 Å². The first-order valence-corrected chi connectivity index (χ1v) is 10.2. The minimum absolute atomic E-state index is 0.0222. The number of benzene rings is 2. The molecule has 0 unspecified atom stereocenters. The van der Waals surface area contributed by atoms with Gasteiger partial charge >= 0.3 is 5.97 Å². The van der Waals surface area contributed by atoms with Crippen molar-refractivity contribution in [2.45, 2.75) is 0 Å². The monoisotopic (exact) mass is 457 g/mol. The van der Waals surface area contributed by atoms with Crippen molar-refractivity contribution in [1.29, 1.82) is 0 Å². The fourth-order valence-electron chi connectivity index (χ4n) is 2.98. The van der Waals surface area contributed by atoms with E-state index in [0.29, 0.717) is 44.2 Å². The van der Waals surface area contributed by atoms with Crippen LogP contribution in [0.25, 0.3) is 6.08 Å². The quantitative estimate of drug-likeness (QED) is 0.606. The molecule has 1 aliphatic rings. The Hall–Kier alpha value is -3.59. The number of esters is 1. The number of methoxy groups -OCH3 is 5. The van der Waals surface area contributed by atoms with Crippen molar-refractivity contribution in [2.75, 3.05) is 35.5 Å². The lowest BCUT2D eigenvalue weighted by Crippen LogP contribution is -2.10. The molecule has 1 N–H and O–H groups in total. The molecule has 0 fully saturated rings. The van der Waals surface area contributed by atoms with Gasteiger partial charge in [-0.15, -0.1) is 0 Å². The Morgan fingerprint density at radius 1 is 0.906 bits per heavy atom. The molecule has 9 heteroatoms. The molecule has 32 heavy (non-hydrogen) atoms. The zero-order valence-electron chi connectivity index (χ0n) is 18.3. The van der Waals surface area contributed by atoms with Gasteiger partial charge in [-0.1, -0.05) is 11.8 Å². The summed E-state index contributed by atoms with van der Waals surface area (Å²) in [5.41, 5.74) is 1.19. The molecule has 0 saturated carbocycles. The van der Waals surface area contributed by atoms with Gasteiger partial charge in [-0.05, 0) is 30.3 Å². The molecular formula is C23H23NO7S. The number of aliphatic hydroxyl groups is 1. The number of aliphatic hydroxyl groups excluding tert-OH is 1. The molecule has 0 aliphatic carbocycles. The molecule has 0 bridgehead atoms. The first kappa shape index (κ1) is 23.1. The van der Waals surface area contributed by atoms with Gasteiger partial charge in [0, 0.05) is 17.7 Å². The second kappa shape index (κ2) is 10.1. The van der Waals surface area contributed by atoms with E-state index in [9.17, 15) is 9.90 Å². The van der Waals surface area contributed by atoms with Crippen LogP contribution in [0.2, 0.25) is 0 Å². The Balaban J connectivity index is 2.06. The van der Waals surface area contributed by atoms with E-state index in [4.69, 9.17) is 23.7 Å². The van der Waals surface area contributed by atoms with Crippen LogP contribution in [-0.2, 0) is 9.53 Å². The Morgan fingerprint density at radius 2 is 1.62 bits per heavy atom. The van der Waals surface area contributed by atoms with Crippen LogP contribution < -0.4 is 18.9 Å². The summed E-state index contributed by atoms with van der Waals surface area (Å²) in [6, 6.07) is 10.4. The van der Waals surface area contributed by atoms with Crippen molar-refractivity contribution in [3.63, 3.8) is 0 Å². The molecule has 0 saturated heterocycles. The number of rotatable bonds is 7. The van der Waals surface area contributed by atoms with E-state index >= 15 is 0 Å². The van der Waals surface area contributed by atoms with Gasteiger partial charge in [0.2, 0.25) is 0 Å². The average Bonchev–Trinajstić information content (AvgIpc) is 3.12. The Kier molecular flexibility index (Phi) is 7.32. The maximum absolute atomic E-state index is 12.4. The van der Waals surface area contributed by atoms with Crippen molar-refractivity contribution < 1.29 is 33.6 Å². The number of ether oxygens (including phenoxy) is 5. The largest absolute Gasteiger partial charge is 0.506 e. The summed E-state index contributed by atoms with van der Waals surface area (Å²) in [5, 5.41) is 11.1. The van der Waals surface area contributed by atoms with Crippen LogP contribution in [0.3, 0.4) is 0 Å². The van der Waals surface area contributed by atoms with Crippen LogP contribution >= 0.6 is 11.8 Å². The van der Waals surface area contributed by atoms with E-state index < -0.39 is 5.97 Å². The molecule has 0 atom stereocenters. The number of aliphatic imine (C=N–C) groups is 1. The van der Waals surface area contributed by atoms with Gasteiger partial charge in [0.15, 0.2) is 11.5 Å². The fourth-order valence-corrected chi connectivity index (χ4v) is 4.01. The highest BCUT2D eigenvalue weighted by molar-refractivity contribution is 8.18. The van der Waals surface area contributed by atoms with Gasteiger partial charge in [0.25, 0.3) is 0 Å². The maximum Gasteiger partial charge on any atom is 0.344 e. The van der Waals surface area contributed by atoms with E-state index in [1.165, 1.54) is 28.4 Å². The van der Waals surface area contributed by atoms with Crippen LogP contribution in [0, 0.1) is 0 Å². The molecule has 8 nitrogen and oxygen atoms in total. The van der Waals surface area contributed by atoms with Crippen LogP contribution in [0.5, 0.6) is 23.0 Å². The molecular weight excluding hydrogens is 434 g/mol. The SMILES string of the molecule is COC(=O)C1=C(O)C(=Cc2ccc(OC)cc2OC)SC1=Nc1ccc(OC)c(OC)c1. The van der Waals surface area contributed by atoms with E-state index in [1.54, 1.807) is 49.6 Å². The molecule has 0 spiro atoms. The molecule has 0 amide bonds. The second-order valence-corrected chi connectivity index (χ2v) is 7.42. The number of carbonyl (C=O) groups excluding carboxylic acids is 1. The molecule has 1 heterocycles. The molecule has 2 aromatic rings. The van der Waals surface area contributed by atoms with Crippen LogP contribution in [0.1, 0.15) is 5.56 Å². The van der Waals surface area contributed by atoms with Gasteiger partial charge in [-0.2, -0.15) is 0 Å². The van der Waals surface area contributed by atoms with Crippen molar-refractivity contribution >= 4 is 34.5 Å². The van der Waals surface area contributed by atoms with Gasteiger partial charge in [0.1, 0.15) is 27.9 Å². The minimum Gasteiger partial charge on any atom is -0.506 e. The number of carbonyl (C=O) groups is 1. The van der Waals surface area contributed by atoms with Crippen LogP contribution in [0.4, 0.5) is 5.69 Å². The van der Waals surface area contributed by atoms with Crippen molar-refractivity contribution in [3.8, 4) is 23.0 Å². The summed E-state index contributed by atoms with van der Waals surface area (Å²) >= 11 is 1.14. The van der Waals surface area contributed by atoms with E-state index in [2.05, 4.69) is 4.99 Å². The molecule has 0 aromatic heterocycles. The highest BCUT2D eigenvalue weighted by atomic mass is 32.2. The van der Waals surface area contributed by atoms with Crippen LogP contribution in [0.15, 0.2) is 57.6 Å². The van der Waals surface area contributed by atoms with Crippen molar-refractivity contribution in [3.05, 3.63) is 58.2 Å². The first-order chi connectivity index (χ1) is 15.4. The van der Waals surface area contributed by atoms with Crippen molar-refractivity contribution in [1.82, 2.24) is 0 Å². The smallest absolute Gasteiger partial charge is 0.344 e. The Morgan fingerprint density at radius 3 is 2.25 bits per heavy atom. The predicted octanol–water partition coefficient (Wildman–Crippen LogP) is 4.52. The zero-order chi connectivity index (χ0) is 23.3. The lowest BCUT2D eigenvalue weighted by molar-refractivity contribution is -0.135. The van der Waals surface area contributed by atoms with E-state index in [1.807, 2.05) is 0 Å². The summed E-state index contributed by atoms with van der Waals surface area (Å²) in [6.07, 6.45) is 1.71. The van der Waals surface area contributed by atoms with Gasteiger partial charge in [0.05, 0.1) is 46.1 Å². The molecule has 168 valence electrons. The summed E-state index contributed by atoms with van der Waals surface area (Å²) < 4.78 is 26.1. The third-order valence-electron chi connectivity index (χ3n) is 4.61. The highest BCUT2D eigenvalue weighted by Gasteiger charge is 2.33. The molecule has 3 rings (SSSR count). The maximum atomic E-state index is 12.4. The second-order valence-electron chi connectivity index (χ2n) is 6.39. The number of hydrogen-bond acceptors (Lipinski definition) is 9. The lowest BCUT2D eigenvalue weighted by atomic mass is 10.1. The Bertz CT molecular complexity index is 1120. The number of thioether (sulfide) groups is 1. The number of nitrogens with zero attached hydrogens (tertiary/aromatic N) is 1. The van der Waals surface area contributed by atoms with Gasteiger partial charge in [-0.25, -0.2) is 9.79 Å². The van der Waals surface area contributed by atoms with E-state index in [0.717, 1.165) is 11.8 Å². The van der Waals surface area contributed by atoms with Crippen molar-refractivity contribution in [2.24, 2.45) is 4.99 Å². The minimum atomic E-state index is -0.695. The predicted molar refractivity (Wildman–Crippen MR) is 123 cm³/mol. The standard InChI is InChI=1S/C23H23NO7S/c1-27-15-8-6-13(17(12-15)29-3)10-19-21(25)20(23(26)31-5)22(32-19)24-14-7-9-16(28-2)18(11-14)30-4/h6-12,25H,1-5H3. The average molecular weight is 458 g/mol. The normalized spacial score (nSPS) is 15.8.